The van der Waals surface area contributed by atoms with Crippen LogP contribution in [0.4, 0.5) is 11.4 Å². The summed E-state index contributed by atoms with van der Waals surface area (Å²) in [5, 5.41) is 41.5. The van der Waals surface area contributed by atoms with E-state index in [0.29, 0.717) is 12.8 Å². The molecule has 1 heterocycles. The number of benzene rings is 4. The number of rotatable bonds is 12. The minimum Gasteiger partial charge on any atom is -0.391 e. The van der Waals surface area contributed by atoms with E-state index in [0.717, 1.165) is 52.2 Å². The smallest absolute Gasteiger partial charge is 0.113 e. The standard InChI is InChI=1S/C38H39BrN6O2/c1-2-26-11-7-15-31(18-26)41-34-21-38(47)35(22-37(34)46)42-32-16-8-13-29(20-32)36-25-45(44-43-36)33(19-27-9-4-3-5-10-27)24-40-23-28-12-6-14-30(39)17-28/h1,3-18,20,25,33-35,37-38,40-42,46-47H,19,21-24H2/t33-,34+,35-,37+,38-/m0/s1. The van der Waals surface area contributed by atoms with Gasteiger partial charge in [0.15, 0.2) is 0 Å². The van der Waals surface area contributed by atoms with Crippen molar-refractivity contribution in [1.29, 1.82) is 0 Å². The lowest BCUT2D eigenvalue weighted by molar-refractivity contribution is 0.0342. The predicted octanol–water partition coefficient (Wildman–Crippen LogP) is 6.04. The summed E-state index contributed by atoms with van der Waals surface area (Å²) in [6.45, 7) is 1.47. The van der Waals surface area contributed by atoms with Crippen molar-refractivity contribution < 1.29 is 10.2 Å². The van der Waals surface area contributed by atoms with Gasteiger partial charge in [0, 0.05) is 40.1 Å². The summed E-state index contributed by atoms with van der Waals surface area (Å²) in [5.41, 5.74) is 6.56. The molecule has 5 atom stereocenters. The van der Waals surface area contributed by atoms with Gasteiger partial charge in [0.05, 0.1) is 36.5 Å². The first-order chi connectivity index (χ1) is 22.9. The number of nitrogens with zero attached hydrogens (tertiary/aromatic N) is 3. The van der Waals surface area contributed by atoms with Gasteiger partial charge in [-0.05, 0) is 72.9 Å². The van der Waals surface area contributed by atoms with Crippen molar-refractivity contribution in [2.24, 2.45) is 0 Å². The lowest BCUT2D eigenvalue weighted by atomic mass is 9.86. The predicted molar refractivity (Wildman–Crippen MR) is 191 cm³/mol. The number of halogens is 1. The monoisotopic (exact) mass is 690 g/mol. The van der Waals surface area contributed by atoms with Gasteiger partial charge in [0.1, 0.15) is 5.69 Å². The molecule has 0 unspecified atom stereocenters. The minimum absolute atomic E-state index is 0.0570. The highest BCUT2D eigenvalue weighted by Crippen LogP contribution is 2.28. The van der Waals surface area contributed by atoms with Crippen molar-refractivity contribution in [2.75, 3.05) is 17.2 Å². The molecular formula is C38H39BrN6O2. The van der Waals surface area contributed by atoms with E-state index in [9.17, 15) is 10.2 Å². The Hall–Kier alpha value is -4.46. The van der Waals surface area contributed by atoms with Gasteiger partial charge in [0.25, 0.3) is 0 Å². The maximum Gasteiger partial charge on any atom is 0.113 e. The zero-order valence-corrected chi connectivity index (χ0v) is 27.6. The maximum atomic E-state index is 11.0. The highest BCUT2D eigenvalue weighted by molar-refractivity contribution is 9.10. The molecule has 0 saturated heterocycles. The minimum atomic E-state index is -0.653. The fourth-order valence-electron chi connectivity index (χ4n) is 6.13. The third-order valence-electron chi connectivity index (χ3n) is 8.61. The zero-order chi connectivity index (χ0) is 32.6. The molecule has 1 aromatic heterocycles. The quantitative estimate of drug-likeness (QED) is 0.102. The number of nitrogens with one attached hydrogen (secondary N) is 3. The topological polar surface area (TPSA) is 107 Å². The third-order valence-corrected chi connectivity index (χ3v) is 9.10. The van der Waals surface area contributed by atoms with E-state index in [4.69, 9.17) is 6.42 Å². The van der Waals surface area contributed by atoms with Crippen LogP contribution in [0.3, 0.4) is 0 Å². The molecule has 8 nitrogen and oxygen atoms in total. The van der Waals surface area contributed by atoms with Crippen molar-refractivity contribution >= 4 is 27.3 Å². The number of aliphatic hydroxyl groups excluding tert-OH is 2. The molecule has 1 saturated carbocycles. The largest absolute Gasteiger partial charge is 0.391 e. The van der Waals surface area contributed by atoms with Crippen LogP contribution in [0.5, 0.6) is 0 Å². The van der Waals surface area contributed by atoms with Gasteiger partial charge < -0.3 is 26.2 Å². The Labute approximate surface area is 284 Å². The number of hydrogen-bond donors (Lipinski definition) is 5. The molecule has 0 radical (unpaired) electrons. The SMILES string of the molecule is C#Cc1cccc(N[C@@H]2C[C@H](O)[C@@H](Nc3cccc(-c4cn([C@H](CNCc5cccc(Br)c5)Cc5ccccc5)nn4)c3)C[C@H]2O)c1. The van der Waals surface area contributed by atoms with Crippen LogP contribution in [0.1, 0.15) is 35.6 Å². The second-order valence-electron chi connectivity index (χ2n) is 12.1. The molecule has 5 N–H and O–H groups in total. The van der Waals surface area contributed by atoms with Gasteiger partial charge >= 0.3 is 0 Å². The third kappa shape index (κ3) is 8.67. The van der Waals surface area contributed by atoms with Crippen LogP contribution in [-0.2, 0) is 13.0 Å². The first kappa shape index (κ1) is 32.5. The first-order valence-corrected chi connectivity index (χ1v) is 16.7. The highest BCUT2D eigenvalue weighted by Gasteiger charge is 2.35. The van der Waals surface area contributed by atoms with Crippen molar-refractivity contribution in [3.8, 4) is 23.6 Å². The van der Waals surface area contributed by atoms with Crippen molar-refractivity contribution in [3.05, 3.63) is 130 Å². The Morgan fingerprint density at radius 3 is 2.23 bits per heavy atom. The molecule has 4 aromatic carbocycles. The summed E-state index contributed by atoms with van der Waals surface area (Å²) in [6, 6.07) is 33.7. The Bertz CT molecular complexity index is 1810. The number of hydrogen-bond acceptors (Lipinski definition) is 7. The molecular weight excluding hydrogens is 652 g/mol. The average molecular weight is 692 g/mol. The molecule has 9 heteroatoms. The van der Waals surface area contributed by atoms with Gasteiger partial charge in [-0.3, -0.25) is 0 Å². The average Bonchev–Trinajstić information content (AvgIpc) is 3.58. The molecule has 0 amide bonds. The molecule has 240 valence electrons. The fourth-order valence-corrected chi connectivity index (χ4v) is 6.58. The molecule has 1 fully saturated rings. The summed E-state index contributed by atoms with van der Waals surface area (Å²) < 4.78 is 3.01. The highest BCUT2D eigenvalue weighted by atomic mass is 79.9. The van der Waals surface area contributed by atoms with Gasteiger partial charge in [0.2, 0.25) is 0 Å². The Kier molecular flexibility index (Phi) is 10.7. The van der Waals surface area contributed by atoms with Crippen LogP contribution in [0, 0.1) is 12.3 Å². The summed E-state index contributed by atoms with van der Waals surface area (Å²) in [7, 11) is 0. The molecule has 5 aromatic rings. The van der Waals surface area contributed by atoms with Crippen LogP contribution in [-0.4, -0.2) is 56.0 Å². The van der Waals surface area contributed by atoms with Gasteiger partial charge in [-0.25, -0.2) is 4.68 Å². The van der Waals surface area contributed by atoms with E-state index in [1.165, 1.54) is 11.1 Å². The summed E-state index contributed by atoms with van der Waals surface area (Å²) in [6.07, 6.45) is 7.83. The molecule has 47 heavy (non-hydrogen) atoms. The maximum absolute atomic E-state index is 11.0. The molecule has 1 aliphatic rings. The molecule has 1 aliphatic carbocycles. The van der Waals surface area contributed by atoms with E-state index in [2.05, 4.69) is 84.5 Å². The van der Waals surface area contributed by atoms with Gasteiger partial charge in [-0.1, -0.05) is 87.7 Å². The zero-order valence-electron chi connectivity index (χ0n) is 26.0. The van der Waals surface area contributed by atoms with Crippen LogP contribution >= 0.6 is 15.9 Å². The number of terminal acetylenes is 1. The summed E-state index contributed by atoms with van der Waals surface area (Å²) in [5.74, 6) is 2.63. The van der Waals surface area contributed by atoms with E-state index in [-0.39, 0.29) is 18.1 Å². The normalized spacial score (nSPS) is 19.9. The number of aromatic nitrogens is 3. The van der Waals surface area contributed by atoms with E-state index in [1.54, 1.807) is 0 Å². The van der Waals surface area contributed by atoms with E-state index >= 15 is 0 Å². The molecule has 0 spiro atoms. The van der Waals surface area contributed by atoms with Crippen LogP contribution in [0.15, 0.2) is 114 Å². The number of aliphatic hydroxyl groups is 2. The summed E-state index contributed by atoms with van der Waals surface area (Å²) >= 11 is 3.56. The van der Waals surface area contributed by atoms with Crippen molar-refractivity contribution in [2.45, 2.75) is 56.1 Å². The molecule has 0 bridgehead atoms. The van der Waals surface area contributed by atoms with Crippen LogP contribution in [0.25, 0.3) is 11.3 Å². The second-order valence-corrected chi connectivity index (χ2v) is 13.0. The molecule has 6 rings (SSSR count). The first-order valence-electron chi connectivity index (χ1n) is 15.9. The van der Waals surface area contributed by atoms with Crippen molar-refractivity contribution in [3.63, 3.8) is 0 Å². The summed E-state index contributed by atoms with van der Waals surface area (Å²) in [4.78, 5) is 0. The number of anilines is 2. The van der Waals surface area contributed by atoms with Gasteiger partial charge in [-0.15, -0.1) is 11.5 Å². The Balaban J connectivity index is 1.11. The van der Waals surface area contributed by atoms with Crippen LogP contribution < -0.4 is 16.0 Å². The lowest BCUT2D eigenvalue weighted by Gasteiger charge is -2.38. The van der Waals surface area contributed by atoms with E-state index in [1.807, 2.05) is 77.6 Å². The van der Waals surface area contributed by atoms with E-state index < -0.39 is 12.2 Å². The van der Waals surface area contributed by atoms with Crippen molar-refractivity contribution in [1.82, 2.24) is 20.3 Å². The lowest BCUT2D eigenvalue weighted by Crippen LogP contribution is -2.51. The van der Waals surface area contributed by atoms with Gasteiger partial charge in [-0.2, -0.15) is 0 Å². The van der Waals surface area contributed by atoms with Crippen LogP contribution in [0.2, 0.25) is 0 Å². The Morgan fingerprint density at radius 2 is 1.51 bits per heavy atom. The molecule has 0 aliphatic heterocycles. The second kappa shape index (κ2) is 15.4. The fraction of sp³-hybridized carbons (Fsp3) is 0.263. The Morgan fingerprint density at radius 1 is 0.830 bits per heavy atom.